The molecule has 1 aliphatic rings. The van der Waals surface area contributed by atoms with Gasteiger partial charge in [-0.05, 0) is 53.1 Å². The first kappa shape index (κ1) is 17.9. The normalized spacial score (nSPS) is 17.1. The van der Waals surface area contributed by atoms with Gasteiger partial charge < -0.3 is 5.32 Å². The fourth-order valence-corrected chi connectivity index (χ4v) is 5.40. The van der Waals surface area contributed by atoms with Crippen LogP contribution < -0.4 is 5.32 Å². The standard InChI is InChI=1S/C19H16BrFN2OS2/c20-12-3-4-15(14(21)10-12)22-18(24)11-23-7-5-16-13(6-9-26-16)19(23)17-2-1-8-25-17/h1-4,6,8-10,19H,5,7,11H2,(H,22,24)/t19-/m1/s1. The molecule has 3 aromatic rings. The van der Waals surface area contributed by atoms with Crippen LogP contribution in [0.3, 0.4) is 0 Å². The molecule has 7 heteroatoms. The van der Waals surface area contributed by atoms with Crippen LogP contribution in [0.5, 0.6) is 0 Å². The van der Waals surface area contributed by atoms with Gasteiger partial charge in [-0.15, -0.1) is 22.7 Å². The Bertz CT molecular complexity index is 926. The zero-order valence-corrected chi connectivity index (χ0v) is 17.0. The Morgan fingerprint density at radius 3 is 2.92 bits per heavy atom. The van der Waals surface area contributed by atoms with Crippen LogP contribution >= 0.6 is 38.6 Å². The van der Waals surface area contributed by atoms with Crippen molar-refractivity contribution in [3.05, 3.63) is 72.8 Å². The summed E-state index contributed by atoms with van der Waals surface area (Å²) in [7, 11) is 0. The van der Waals surface area contributed by atoms with Gasteiger partial charge in [-0.1, -0.05) is 22.0 Å². The molecule has 26 heavy (non-hydrogen) atoms. The number of benzene rings is 1. The molecule has 1 amide bonds. The van der Waals surface area contributed by atoms with Gasteiger partial charge in [-0.2, -0.15) is 0 Å². The number of carbonyl (C=O) groups is 1. The second kappa shape index (κ2) is 7.60. The van der Waals surface area contributed by atoms with Crippen molar-refractivity contribution in [3.63, 3.8) is 0 Å². The molecule has 3 nitrogen and oxygen atoms in total. The molecule has 1 atom stereocenters. The molecule has 0 fully saturated rings. The summed E-state index contributed by atoms with van der Waals surface area (Å²) in [6, 6.07) is 11.0. The number of hydrogen-bond acceptors (Lipinski definition) is 4. The highest BCUT2D eigenvalue weighted by Gasteiger charge is 2.31. The molecular weight excluding hydrogens is 435 g/mol. The van der Waals surface area contributed by atoms with Crippen LogP contribution in [0, 0.1) is 5.82 Å². The average molecular weight is 451 g/mol. The number of anilines is 1. The molecule has 2 aromatic heterocycles. The van der Waals surface area contributed by atoms with Gasteiger partial charge >= 0.3 is 0 Å². The molecule has 1 aromatic carbocycles. The van der Waals surface area contributed by atoms with E-state index in [1.54, 1.807) is 34.8 Å². The van der Waals surface area contributed by atoms with E-state index in [2.05, 4.69) is 49.0 Å². The molecule has 134 valence electrons. The number of thiophene rings is 2. The number of rotatable bonds is 4. The van der Waals surface area contributed by atoms with Gasteiger partial charge in [0.1, 0.15) is 5.82 Å². The Balaban J connectivity index is 1.54. The molecule has 0 saturated carbocycles. The lowest BCUT2D eigenvalue weighted by Gasteiger charge is -2.34. The number of hydrogen-bond donors (Lipinski definition) is 1. The topological polar surface area (TPSA) is 32.3 Å². The minimum Gasteiger partial charge on any atom is -0.322 e. The first-order valence-electron chi connectivity index (χ1n) is 8.20. The van der Waals surface area contributed by atoms with Crippen molar-refractivity contribution >= 4 is 50.2 Å². The van der Waals surface area contributed by atoms with Gasteiger partial charge in [0.25, 0.3) is 0 Å². The highest BCUT2D eigenvalue weighted by molar-refractivity contribution is 9.10. The van der Waals surface area contributed by atoms with Gasteiger partial charge in [0.2, 0.25) is 5.91 Å². The van der Waals surface area contributed by atoms with Crippen molar-refractivity contribution < 1.29 is 9.18 Å². The van der Waals surface area contributed by atoms with Gasteiger partial charge in [-0.3, -0.25) is 9.69 Å². The lowest BCUT2D eigenvalue weighted by molar-refractivity contribution is -0.117. The van der Waals surface area contributed by atoms with E-state index in [1.165, 1.54) is 21.4 Å². The summed E-state index contributed by atoms with van der Waals surface area (Å²) in [6.07, 6.45) is 0.939. The lowest BCUT2D eigenvalue weighted by Crippen LogP contribution is -2.40. The molecule has 0 spiro atoms. The average Bonchev–Trinajstić information content (AvgIpc) is 3.28. The third-order valence-corrected chi connectivity index (χ3v) is 6.84. The van der Waals surface area contributed by atoms with Crippen LogP contribution in [0.1, 0.15) is 21.4 Å². The van der Waals surface area contributed by atoms with E-state index in [0.29, 0.717) is 4.47 Å². The third-order valence-electron chi connectivity index (χ3n) is 4.43. The number of amides is 1. The highest BCUT2D eigenvalue weighted by Crippen LogP contribution is 2.39. The third kappa shape index (κ3) is 3.62. The molecule has 1 aliphatic heterocycles. The number of nitrogens with zero attached hydrogens (tertiary/aromatic N) is 1. The maximum absolute atomic E-state index is 14.0. The fourth-order valence-electron chi connectivity index (χ4n) is 3.28. The second-order valence-corrected chi connectivity index (χ2v) is 9.01. The van der Waals surface area contributed by atoms with Crippen LogP contribution in [0.4, 0.5) is 10.1 Å². The number of carbonyl (C=O) groups excluding carboxylic acids is 1. The minimum atomic E-state index is -0.443. The maximum atomic E-state index is 14.0. The first-order valence-corrected chi connectivity index (χ1v) is 10.8. The van der Waals surface area contributed by atoms with Gasteiger partial charge in [0, 0.05) is 20.8 Å². The van der Waals surface area contributed by atoms with Gasteiger partial charge in [0.05, 0.1) is 18.3 Å². The SMILES string of the molecule is O=C(CN1CCc2sccc2[C@@H]1c1cccs1)Nc1ccc(Br)cc1F. The fraction of sp³-hybridized carbons (Fsp3) is 0.211. The highest BCUT2D eigenvalue weighted by atomic mass is 79.9. The van der Waals surface area contributed by atoms with Crippen molar-refractivity contribution in [1.29, 1.82) is 0 Å². The Morgan fingerprint density at radius 1 is 1.27 bits per heavy atom. The van der Waals surface area contributed by atoms with Crippen LogP contribution in [0.25, 0.3) is 0 Å². The first-order chi connectivity index (χ1) is 12.6. The summed E-state index contributed by atoms with van der Waals surface area (Å²) in [5.41, 5.74) is 1.49. The number of halogens is 2. The maximum Gasteiger partial charge on any atom is 0.238 e. The van der Waals surface area contributed by atoms with Crippen molar-refractivity contribution in [3.8, 4) is 0 Å². The molecule has 3 heterocycles. The molecule has 0 bridgehead atoms. The largest absolute Gasteiger partial charge is 0.322 e. The zero-order valence-electron chi connectivity index (χ0n) is 13.7. The monoisotopic (exact) mass is 450 g/mol. The Hall–Kier alpha value is -1.54. The Morgan fingerprint density at radius 2 is 2.15 bits per heavy atom. The molecule has 0 radical (unpaired) electrons. The summed E-state index contributed by atoms with van der Waals surface area (Å²) in [6.45, 7) is 1.04. The van der Waals surface area contributed by atoms with Crippen LogP contribution in [0.2, 0.25) is 0 Å². The number of fused-ring (bicyclic) bond motifs is 1. The van der Waals surface area contributed by atoms with E-state index in [1.807, 2.05) is 6.07 Å². The van der Waals surface area contributed by atoms with Crippen LogP contribution in [-0.2, 0) is 11.2 Å². The summed E-state index contributed by atoms with van der Waals surface area (Å²) in [5, 5.41) is 6.88. The molecular formula is C19H16BrFN2OS2. The summed E-state index contributed by atoms with van der Waals surface area (Å²) < 4.78 is 14.6. The molecule has 4 rings (SSSR count). The van der Waals surface area contributed by atoms with Crippen molar-refractivity contribution in [1.82, 2.24) is 4.90 Å². The lowest BCUT2D eigenvalue weighted by atomic mass is 9.98. The van der Waals surface area contributed by atoms with Crippen molar-refractivity contribution in [2.45, 2.75) is 12.5 Å². The van der Waals surface area contributed by atoms with E-state index in [9.17, 15) is 9.18 Å². The van der Waals surface area contributed by atoms with E-state index in [0.717, 1.165) is 13.0 Å². The Kier molecular flexibility index (Phi) is 5.22. The predicted octanol–water partition coefficient (Wildman–Crippen LogP) is 5.30. The minimum absolute atomic E-state index is 0.0884. The quantitative estimate of drug-likeness (QED) is 0.584. The van der Waals surface area contributed by atoms with E-state index in [-0.39, 0.29) is 24.2 Å². The second-order valence-electron chi connectivity index (χ2n) is 6.11. The van der Waals surface area contributed by atoms with E-state index < -0.39 is 5.82 Å². The Labute approximate surface area is 167 Å². The van der Waals surface area contributed by atoms with Crippen LogP contribution in [-0.4, -0.2) is 23.9 Å². The molecule has 0 aliphatic carbocycles. The smallest absolute Gasteiger partial charge is 0.238 e. The summed E-state index contributed by atoms with van der Waals surface area (Å²) in [5.74, 6) is -0.646. The molecule has 0 saturated heterocycles. The van der Waals surface area contributed by atoms with E-state index in [4.69, 9.17) is 0 Å². The summed E-state index contributed by atoms with van der Waals surface area (Å²) >= 11 is 6.70. The molecule has 0 unspecified atom stereocenters. The van der Waals surface area contributed by atoms with Crippen molar-refractivity contribution in [2.75, 3.05) is 18.4 Å². The number of nitrogens with one attached hydrogen (secondary N) is 1. The summed E-state index contributed by atoms with van der Waals surface area (Å²) in [4.78, 5) is 17.3. The van der Waals surface area contributed by atoms with Crippen molar-refractivity contribution in [2.24, 2.45) is 0 Å². The predicted molar refractivity (Wildman–Crippen MR) is 108 cm³/mol. The van der Waals surface area contributed by atoms with Gasteiger partial charge in [-0.25, -0.2) is 4.39 Å². The van der Waals surface area contributed by atoms with Crippen LogP contribution in [0.15, 0.2) is 51.6 Å². The van der Waals surface area contributed by atoms with Gasteiger partial charge in [0.15, 0.2) is 0 Å². The van der Waals surface area contributed by atoms with E-state index >= 15 is 0 Å². The molecule has 1 N–H and O–H groups in total. The zero-order chi connectivity index (χ0) is 18.1.